The highest BCUT2D eigenvalue weighted by Crippen LogP contribution is 2.29. The molecule has 2 rings (SSSR count). The van der Waals surface area contributed by atoms with Crippen LogP contribution in [-0.4, -0.2) is 61.2 Å². The van der Waals surface area contributed by atoms with Gasteiger partial charge in [0.1, 0.15) is 0 Å². The second kappa shape index (κ2) is 7.77. The molecule has 118 valence electrons. The van der Waals surface area contributed by atoms with Gasteiger partial charge >= 0.3 is 0 Å². The van der Waals surface area contributed by atoms with Gasteiger partial charge in [0, 0.05) is 37.8 Å². The Morgan fingerprint density at radius 1 is 1.15 bits per heavy atom. The van der Waals surface area contributed by atoms with Crippen molar-refractivity contribution < 1.29 is 0 Å². The third-order valence-electron chi connectivity index (χ3n) is 5.48. The molecule has 1 aliphatic carbocycles. The van der Waals surface area contributed by atoms with Crippen LogP contribution in [0.15, 0.2) is 0 Å². The van der Waals surface area contributed by atoms with Gasteiger partial charge in [-0.1, -0.05) is 20.8 Å². The minimum atomic E-state index is 0.729. The molecule has 3 heteroatoms. The van der Waals surface area contributed by atoms with Gasteiger partial charge in [0.2, 0.25) is 0 Å². The van der Waals surface area contributed by atoms with Gasteiger partial charge in [0.05, 0.1) is 0 Å². The molecule has 20 heavy (non-hydrogen) atoms. The van der Waals surface area contributed by atoms with Crippen LogP contribution < -0.4 is 5.32 Å². The first-order valence-electron chi connectivity index (χ1n) is 8.83. The third-order valence-corrected chi connectivity index (χ3v) is 5.48. The molecule has 0 aromatic carbocycles. The lowest BCUT2D eigenvalue weighted by molar-refractivity contribution is 0.0269. The van der Waals surface area contributed by atoms with Crippen LogP contribution in [0.5, 0.6) is 0 Å². The Hall–Kier alpha value is -0.120. The number of nitrogens with zero attached hydrogens (tertiary/aromatic N) is 2. The van der Waals surface area contributed by atoms with Gasteiger partial charge < -0.3 is 10.2 Å². The number of rotatable bonds is 5. The van der Waals surface area contributed by atoms with Crippen molar-refractivity contribution in [3.63, 3.8) is 0 Å². The molecule has 0 spiro atoms. The molecule has 0 amide bonds. The van der Waals surface area contributed by atoms with Crippen LogP contribution >= 0.6 is 0 Å². The molecule has 4 unspecified atom stereocenters. The first-order chi connectivity index (χ1) is 9.65. The summed E-state index contributed by atoms with van der Waals surface area (Å²) < 4.78 is 0. The van der Waals surface area contributed by atoms with Crippen molar-refractivity contribution in [2.75, 3.05) is 33.2 Å². The van der Waals surface area contributed by atoms with Gasteiger partial charge in [0.15, 0.2) is 0 Å². The molecular formula is C17H35N3. The second-order valence-corrected chi connectivity index (χ2v) is 7.08. The fraction of sp³-hybridized carbons (Fsp3) is 1.00. The van der Waals surface area contributed by atoms with E-state index in [1.165, 1.54) is 58.3 Å². The van der Waals surface area contributed by atoms with E-state index in [2.05, 4.69) is 42.9 Å². The van der Waals surface area contributed by atoms with Crippen molar-refractivity contribution >= 4 is 0 Å². The van der Waals surface area contributed by atoms with Gasteiger partial charge in [-0.3, -0.25) is 4.90 Å². The van der Waals surface area contributed by atoms with Crippen LogP contribution in [0.3, 0.4) is 0 Å². The Morgan fingerprint density at radius 2 is 1.95 bits per heavy atom. The largest absolute Gasteiger partial charge is 0.312 e. The van der Waals surface area contributed by atoms with Crippen molar-refractivity contribution in [2.24, 2.45) is 5.92 Å². The zero-order chi connectivity index (χ0) is 14.5. The van der Waals surface area contributed by atoms with Crippen LogP contribution in [0.1, 0.15) is 52.9 Å². The van der Waals surface area contributed by atoms with Crippen LogP contribution in [-0.2, 0) is 0 Å². The lowest BCUT2D eigenvalue weighted by Crippen LogP contribution is -2.60. The summed E-state index contributed by atoms with van der Waals surface area (Å²) in [6, 6.07) is 2.26. The van der Waals surface area contributed by atoms with Crippen LogP contribution in [0.25, 0.3) is 0 Å². The van der Waals surface area contributed by atoms with Crippen LogP contribution in [0, 0.1) is 5.92 Å². The van der Waals surface area contributed by atoms with Crippen molar-refractivity contribution in [1.29, 1.82) is 0 Å². The molecule has 0 radical (unpaired) electrons. The first kappa shape index (κ1) is 16.3. The predicted octanol–water partition coefficient (Wildman–Crippen LogP) is 2.57. The van der Waals surface area contributed by atoms with Crippen molar-refractivity contribution in [1.82, 2.24) is 15.1 Å². The van der Waals surface area contributed by atoms with Crippen molar-refractivity contribution in [2.45, 2.75) is 71.0 Å². The summed E-state index contributed by atoms with van der Waals surface area (Å²) in [4.78, 5) is 5.36. The van der Waals surface area contributed by atoms with E-state index in [1.54, 1.807) is 0 Å². The van der Waals surface area contributed by atoms with Gasteiger partial charge in [-0.05, 0) is 51.6 Å². The highest BCUT2D eigenvalue weighted by Gasteiger charge is 2.35. The maximum absolute atomic E-state index is 3.83. The SMILES string of the molecule is CCCNC1CCC(C)CC1N1CCN(C)C(CC)C1. The third kappa shape index (κ3) is 3.96. The normalized spacial score (nSPS) is 37.2. The maximum atomic E-state index is 3.83. The predicted molar refractivity (Wildman–Crippen MR) is 87.2 cm³/mol. The molecule has 3 nitrogen and oxygen atoms in total. The monoisotopic (exact) mass is 281 g/mol. The van der Waals surface area contributed by atoms with E-state index in [1.807, 2.05) is 0 Å². The topological polar surface area (TPSA) is 18.5 Å². The smallest absolute Gasteiger partial charge is 0.0253 e. The minimum absolute atomic E-state index is 0.729. The Labute approximate surface area is 126 Å². The van der Waals surface area contributed by atoms with E-state index in [4.69, 9.17) is 0 Å². The zero-order valence-electron chi connectivity index (χ0n) is 14.1. The summed E-state index contributed by atoms with van der Waals surface area (Å²) in [5.41, 5.74) is 0. The fourth-order valence-corrected chi connectivity index (χ4v) is 4.03. The Bertz CT molecular complexity index is 279. The minimum Gasteiger partial charge on any atom is -0.312 e. The molecule has 2 aliphatic rings. The number of nitrogens with one attached hydrogen (secondary N) is 1. The number of piperazine rings is 1. The van der Waals surface area contributed by atoms with Gasteiger partial charge in [-0.15, -0.1) is 0 Å². The average Bonchev–Trinajstić information content (AvgIpc) is 2.46. The van der Waals surface area contributed by atoms with E-state index >= 15 is 0 Å². The van der Waals surface area contributed by atoms with E-state index in [-0.39, 0.29) is 0 Å². The fourth-order valence-electron chi connectivity index (χ4n) is 4.03. The maximum Gasteiger partial charge on any atom is 0.0253 e. The summed E-state index contributed by atoms with van der Waals surface area (Å²) in [6.45, 7) is 12.0. The highest BCUT2D eigenvalue weighted by molar-refractivity contribution is 4.93. The number of hydrogen-bond acceptors (Lipinski definition) is 3. The Kier molecular flexibility index (Phi) is 6.31. The lowest BCUT2D eigenvalue weighted by Gasteiger charge is -2.48. The van der Waals surface area contributed by atoms with E-state index in [0.29, 0.717) is 0 Å². The van der Waals surface area contributed by atoms with Crippen molar-refractivity contribution in [3.8, 4) is 0 Å². The lowest BCUT2D eigenvalue weighted by atomic mass is 9.82. The summed E-state index contributed by atoms with van der Waals surface area (Å²) in [5, 5.41) is 3.83. The Morgan fingerprint density at radius 3 is 2.65 bits per heavy atom. The molecule has 0 bridgehead atoms. The molecule has 4 atom stereocenters. The summed E-state index contributed by atoms with van der Waals surface area (Å²) >= 11 is 0. The van der Waals surface area contributed by atoms with Crippen molar-refractivity contribution in [3.05, 3.63) is 0 Å². The molecule has 1 heterocycles. The number of likely N-dealkylation sites (N-methyl/N-ethyl adjacent to an activating group) is 1. The zero-order valence-corrected chi connectivity index (χ0v) is 14.1. The Balaban J connectivity index is 1.98. The average molecular weight is 281 g/mol. The molecule has 0 aromatic heterocycles. The van der Waals surface area contributed by atoms with E-state index < -0.39 is 0 Å². The quantitative estimate of drug-likeness (QED) is 0.835. The second-order valence-electron chi connectivity index (χ2n) is 7.08. The molecule has 1 saturated carbocycles. The van der Waals surface area contributed by atoms with Gasteiger partial charge in [-0.25, -0.2) is 0 Å². The van der Waals surface area contributed by atoms with E-state index in [9.17, 15) is 0 Å². The summed E-state index contributed by atoms with van der Waals surface area (Å²) in [5.74, 6) is 0.902. The summed E-state index contributed by atoms with van der Waals surface area (Å²) in [7, 11) is 2.29. The highest BCUT2D eigenvalue weighted by atomic mass is 15.3. The molecular weight excluding hydrogens is 246 g/mol. The van der Waals surface area contributed by atoms with E-state index in [0.717, 1.165) is 24.0 Å². The molecule has 2 fully saturated rings. The van der Waals surface area contributed by atoms with Gasteiger partial charge in [-0.2, -0.15) is 0 Å². The molecule has 1 N–H and O–H groups in total. The van der Waals surface area contributed by atoms with Crippen LogP contribution in [0.4, 0.5) is 0 Å². The standard InChI is InChI=1S/C17H35N3/c1-5-9-18-16-8-7-14(3)12-17(16)20-11-10-19(4)15(6-2)13-20/h14-18H,5-13H2,1-4H3. The first-order valence-corrected chi connectivity index (χ1v) is 8.83. The molecule has 0 aromatic rings. The number of hydrogen-bond donors (Lipinski definition) is 1. The van der Waals surface area contributed by atoms with Crippen LogP contribution in [0.2, 0.25) is 0 Å². The molecule has 1 aliphatic heterocycles. The van der Waals surface area contributed by atoms with Gasteiger partial charge in [0.25, 0.3) is 0 Å². The summed E-state index contributed by atoms with van der Waals surface area (Å²) in [6.07, 6.45) is 6.70. The molecule has 1 saturated heterocycles.